The molecule has 1 aromatic carbocycles. The monoisotopic (exact) mass is 344 g/mol. The van der Waals surface area contributed by atoms with Gasteiger partial charge in [0.1, 0.15) is 11.8 Å². The maximum atomic E-state index is 12.8. The second-order valence-electron chi connectivity index (χ2n) is 7.35. The van der Waals surface area contributed by atoms with E-state index >= 15 is 0 Å². The molecule has 0 saturated carbocycles. The Labute approximate surface area is 149 Å². The summed E-state index contributed by atoms with van der Waals surface area (Å²) in [5, 5.41) is 0. The SMILES string of the molecule is Cc1ccc(OCC(=O)N2CCC[C@@H]2C(=O)N2CCC(C)CC2)cc1. The topological polar surface area (TPSA) is 49.9 Å². The van der Waals surface area contributed by atoms with Crippen molar-refractivity contribution in [2.24, 2.45) is 5.92 Å². The van der Waals surface area contributed by atoms with Gasteiger partial charge in [-0.1, -0.05) is 24.6 Å². The number of carbonyl (C=O) groups excluding carboxylic acids is 2. The van der Waals surface area contributed by atoms with Crippen LogP contribution in [0.4, 0.5) is 0 Å². The molecule has 2 saturated heterocycles. The lowest BCUT2D eigenvalue weighted by Gasteiger charge is -2.34. The van der Waals surface area contributed by atoms with E-state index in [9.17, 15) is 9.59 Å². The van der Waals surface area contributed by atoms with Gasteiger partial charge in [-0.15, -0.1) is 0 Å². The van der Waals surface area contributed by atoms with E-state index in [1.165, 1.54) is 0 Å². The average molecular weight is 344 g/mol. The molecule has 5 nitrogen and oxygen atoms in total. The fourth-order valence-corrected chi connectivity index (χ4v) is 3.62. The average Bonchev–Trinajstić information content (AvgIpc) is 3.11. The molecule has 2 aliphatic rings. The molecule has 0 spiro atoms. The van der Waals surface area contributed by atoms with Crippen LogP contribution in [0.3, 0.4) is 0 Å². The van der Waals surface area contributed by atoms with E-state index in [2.05, 4.69) is 6.92 Å². The Morgan fingerprint density at radius 3 is 2.44 bits per heavy atom. The molecule has 136 valence electrons. The first kappa shape index (κ1) is 17.8. The van der Waals surface area contributed by atoms with E-state index < -0.39 is 0 Å². The molecule has 2 aliphatic heterocycles. The lowest BCUT2D eigenvalue weighted by molar-refractivity contribution is -0.145. The first-order chi connectivity index (χ1) is 12.0. The molecular formula is C20H28N2O3. The van der Waals surface area contributed by atoms with E-state index in [0.29, 0.717) is 18.2 Å². The summed E-state index contributed by atoms with van der Waals surface area (Å²) in [4.78, 5) is 29.0. The van der Waals surface area contributed by atoms with Gasteiger partial charge in [-0.2, -0.15) is 0 Å². The zero-order chi connectivity index (χ0) is 17.8. The summed E-state index contributed by atoms with van der Waals surface area (Å²) in [6, 6.07) is 7.34. The number of carbonyl (C=O) groups is 2. The van der Waals surface area contributed by atoms with Crippen LogP contribution in [0.5, 0.6) is 5.75 Å². The summed E-state index contributed by atoms with van der Waals surface area (Å²) < 4.78 is 5.61. The van der Waals surface area contributed by atoms with E-state index in [-0.39, 0.29) is 24.5 Å². The van der Waals surface area contributed by atoms with Crippen LogP contribution in [-0.2, 0) is 9.59 Å². The molecule has 3 rings (SSSR count). The number of benzene rings is 1. The van der Waals surface area contributed by atoms with E-state index in [1.807, 2.05) is 36.1 Å². The highest BCUT2D eigenvalue weighted by Gasteiger charge is 2.37. The van der Waals surface area contributed by atoms with Crippen LogP contribution in [-0.4, -0.2) is 53.9 Å². The van der Waals surface area contributed by atoms with Gasteiger partial charge in [0.2, 0.25) is 5.91 Å². The lowest BCUT2D eigenvalue weighted by atomic mass is 9.98. The summed E-state index contributed by atoms with van der Waals surface area (Å²) in [5.74, 6) is 1.40. The Morgan fingerprint density at radius 1 is 1.08 bits per heavy atom. The van der Waals surface area contributed by atoms with Gasteiger partial charge in [0.05, 0.1) is 0 Å². The third-order valence-electron chi connectivity index (χ3n) is 5.34. The number of piperidine rings is 1. The van der Waals surface area contributed by atoms with E-state index in [4.69, 9.17) is 4.74 Å². The van der Waals surface area contributed by atoms with Crippen molar-refractivity contribution in [2.45, 2.75) is 45.6 Å². The van der Waals surface area contributed by atoms with Crippen LogP contribution in [0.2, 0.25) is 0 Å². The molecule has 2 fully saturated rings. The van der Waals surface area contributed by atoms with Crippen LogP contribution >= 0.6 is 0 Å². The summed E-state index contributed by atoms with van der Waals surface area (Å²) in [6.07, 6.45) is 3.77. The standard InChI is InChI=1S/C20H28N2O3/c1-15-5-7-17(8-6-15)25-14-19(23)22-11-3-4-18(22)20(24)21-12-9-16(2)10-13-21/h5-8,16,18H,3-4,9-14H2,1-2H3/t18-/m1/s1. The van der Waals surface area contributed by atoms with Gasteiger partial charge in [-0.05, 0) is 50.7 Å². The number of hydrogen-bond donors (Lipinski definition) is 0. The first-order valence-electron chi connectivity index (χ1n) is 9.32. The van der Waals surface area contributed by atoms with Gasteiger partial charge in [0.25, 0.3) is 5.91 Å². The molecule has 0 unspecified atom stereocenters. The van der Waals surface area contributed by atoms with Crippen LogP contribution < -0.4 is 4.74 Å². The molecule has 5 heteroatoms. The fraction of sp³-hybridized carbons (Fsp3) is 0.600. The van der Waals surface area contributed by atoms with Crippen LogP contribution in [0.15, 0.2) is 24.3 Å². The molecule has 0 bridgehead atoms. The Bertz CT molecular complexity index is 606. The number of hydrogen-bond acceptors (Lipinski definition) is 3. The smallest absolute Gasteiger partial charge is 0.261 e. The lowest BCUT2D eigenvalue weighted by Crippen LogP contribution is -2.50. The molecule has 0 radical (unpaired) electrons. The van der Waals surface area contributed by atoms with Crippen molar-refractivity contribution in [1.29, 1.82) is 0 Å². The number of amides is 2. The number of ether oxygens (including phenoxy) is 1. The van der Waals surface area contributed by atoms with Gasteiger partial charge < -0.3 is 14.5 Å². The van der Waals surface area contributed by atoms with Crippen molar-refractivity contribution in [3.05, 3.63) is 29.8 Å². The summed E-state index contributed by atoms with van der Waals surface area (Å²) >= 11 is 0. The molecule has 2 amide bonds. The third-order valence-corrected chi connectivity index (χ3v) is 5.34. The summed E-state index contributed by atoms with van der Waals surface area (Å²) in [7, 11) is 0. The number of nitrogens with zero attached hydrogens (tertiary/aromatic N) is 2. The number of rotatable bonds is 4. The maximum absolute atomic E-state index is 12.8. The van der Waals surface area contributed by atoms with Crippen molar-refractivity contribution >= 4 is 11.8 Å². The summed E-state index contributed by atoms with van der Waals surface area (Å²) in [5.41, 5.74) is 1.15. The minimum absolute atomic E-state index is 0.0100. The quantitative estimate of drug-likeness (QED) is 0.844. The minimum atomic E-state index is -0.303. The molecule has 1 atom stereocenters. The van der Waals surface area contributed by atoms with Crippen molar-refractivity contribution in [2.75, 3.05) is 26.2 Å². The van der Waals surface area contributed by atoms with Gasteiger partial charge in [0, 0.05) is 19.6 Å². The van der Waals surface area contributed by atoms with Gasteiger partial charge >= 0.3 is 0 Å². The maximum Gasteiger partial charge on any atom is 0.261 e. The van der Waals surface area contributed by atoms with Crippen LogP contribution in [0.1, 0.15) is 38.2 Å². The zero-order valence-electron chi connectivity index (χ0n) is 15.2. The van der Waals surface area contributed by atoms with Crippen molar-refractivity contribution in [3.63, 3.8) is 0 Å². The van der Waals surface area contributed by atoms with Crippen molar-refractivity contribution in [3.8, 4) is 5.75 Å². The first-order valence-corrected chi connectivity index (χ1v) is 9.32. The highest BCUT2D eigenvalue weighted by atomic mass is 16.5. The molecule has 0 aromatic heterocycles. The van der Waals surface area contributed by atoms with E-state index in [1.54, 1.807) is 4.90 Å². The van der Waals surface area contributed by atoms with Crippen molar-refractivity contribution < 1.29 is 14.3 Å². The van der Waals surface area contributed by atoms with Gasteiger partial charge in [-0.3, -0.25) is 9.59 Å². The van der Waals surface area contributed by atoms with Gasteiger partial charge in [0.15, 0.2) is 6.61 Å². The Balaban J connectivity index is 1.55. The Morgan fingerprint density at radius 2 is 1.76 bits per heavy atom. The minimum Gasteiger partial charge on any atom is -0.484 e. The highest BCUT2D eigenvalue weighted by molar-refractivity contribution is 5.88. The van der Waals surface area contributed by atoms with Crippen molar-refractivity contribution in [1.82, 2.24) is 9.80 Å². The van der Waals surface area contributed by atoms with Crippen LogP contribution in [0.25, 0.3) is 0 Å². The molecule has 1 aromatic rings. The fourth-order valence-electron chi connectivity index (χ4n) is 3.62. The molecule has 25 heavy (non-hydrogen) atoms. The van der Waals surface area contributed by atoms with E-state index in [0.717, 1.165) is 44.3 Å². The summed E-state index contributed by atoms with van der Waals surface area (Å²) in [6.45, 7) is 6.52. The number of likely N-dealkylation sites (tertiary alicyclic amines) is 2. The predicted octanol–water partition coefficient (Wildman–Crippen LogP) is 2.62. The third kappa shape index (κ3) is 4.33. The Kier molecular flexibility index (Phi) is 5.61. The largest absolute Gasteiger partial charge is 0.484 e. The van der Waals surface area contributed by atoms with Gasteiger partial charge in [-0.25, -0.2) is 0 Å². The highest BCUT2D eigenvalue weighted by Crippen LogP contribution is 2.23. The molecule has 2 heterocycles. The van der Waals surface area contributed by atoms with Crippen LogP contribution in [0, 0.1) is 12.8 Å². The normalized spacial score (nSPS) is 21.4. The molecule has 0 N–H and O–H groups in total. The molecule has 0 aliphatic carbocycles. The zero-order valence-corrected chi connectivity index (χ0v) is 15.2. The Hall–Kier alpha value is -2.04. The number of aryl methyl sites for hydroxylation is 1. The molecular weight excluding hydrogens is 316 g/mol. The second kappa shape index (κ2) is 7.89. The predicted molar refractivity (Wildman–Crippen MR) is 96.4 cm³/mol. The second-order valence-corrected chi connectivity index (χ2v) is 7.35.